The van der Waals surface area contributed by atoms with Gasteiger partial charge in [-0.1, -0.05) is 24.3 Å². The van der Waals surface area contributed by atoms with Crippen LogP contribution in [0.3, 0.4) is 0 Å². The van der Waals surface area contributed by atoms with Crippen LogP contribution in [0.1, 0.15) is 37.3 Å². The topological polar surface area (TPSA) is 79.0 Å². The van der Waals surface area contributed by atoms with Crippen LogP contribution >= 0.6 is 0 Å². The quantitative estimate of drug-likeness (QED) is 0.651. The highest BCUT2D eigenvalue weighted by Crippen LogP contribution is 2.48. The molecule has 26 heavy (non-hydrogen) atoms. The molecule has 6 heteroatoms. The lowest BCUT2D eigenvalue weighted by molar-refractivity contribution is -0.0354. The van der Waals surface area contributed by atoms with Crippen LogP contribution in [0.5, 0.6) is 5.75 Å². The molecule has 1 aliphatic carbocycles. The maximum Gasteiger partial charge on any atom is 0.319 e. The monoisotopic (exact) mass is 348 g/mol. The Morgan fingerprint density at radius 2 is 2.08 bits per heavy atom. The van der Waals surface area contributed by atoms with Gasteiger partial charge in [0.1, 0.15) is 11.4 Å². The van der Waals surface area contributed by atoms with Crippen LogP contribution in [0, 0.1) is 0 Å². The number of anilines is 1. The van der Waals surface area contributed by atoms with Gasteiger partial charge >= 0.3 is 6.03 Å². The Bertz CT molecular complexity index is 977. The Balaban J connectivity index is 1.38. The molecule has 3 aromatic rings. The Labute approximate surface area is 150 Å². The number of benzene rings is 2. The van der Waals surface area contributed by atoms with E-state index in [1.807, 2.05) is 42.5 Å². The van der Waals surface area contributed by atoms with Gasteiger partial charge in [-0.3, -0.25) is 5.10 Å². The zero-order valence-electron chi connectivity index (χ0n) is 14.3. The standard InChI is InChI=1S/C20H20N4O2/c25-19(22-15-6-3-7-16-14(15)12-21-24-16)23-17-11-20(9-4-10-20)26-18-8-2-1-5-13(17)18/h1-3,5-8,12,17H,4,9-11H2,(H,21,24)(H2,22,23,25). The smallest absolute Gasteiger partial charge is 0.319 e. The molecule has 0 bridgehead atoms. The molecule has 1 spiro atoms. The van der Waals surface area contributed by atoms with Crippen molar-refractivity contribution in [3.63, 3.8) is 0 Å². The Morgan fingerprint density at radius 1 is 1.19 bits per heavy atom. The van der Waals surface area contributed by atoms with Gasteiger partial charge in [0, 0.05) is 17.4 Å². The van der Waals surface area contributed by atoms with E-state index < -0.39 is 0 Å². The van der Waals surface area contributed by atoms with Gasteiger partial charge in [-0.25, -0.2) is 4.79 Å². The molecule has 2 aromatic carbocycles. The van der Waals surface area contributed by atoms with Gasteiger partial charge in [0.05, 0.1) is 23.4 Å². The van der Waals surface area contributed by atoms with Crippen molar-refractivity contribution in [1.82, 2.24) is 15.5 Å². The molecule has 1 unspecified atom stereocenters. The molecule has 1 fully saturated rings. The highest BCUT2D eigenvalue weighted by atomic mass is 16.5. The van der Waals surface area contributed by atoms with Crippen molar-refractivity contribution in [2.24, 2.45) is 0 Å². The van der Waals surface area contributed by atoms with E-state index >= 15 is 0 Å². The van der Waals surface area contributed by atoms with Gasteiger partial charge in [0.2, 0.25) is 0 Å². The third kappa shape index (κ3) is 2.49. The molecular formula is C20H20N4O2. The van der Waals surface area contributed by atoms with Crippen LogP contribution < -0.4 is 15.4 Å². The summed E-state index contributed by atoms with van der Waals surface area (Å²) in [6.07, 6.45) is 5.82. The van der Waals surface area contributed by atoms with Crippen molar-refractivity contribution >= 4 is 22.6 Å². The molecule has 1 saturated carbocycles. The second-order valence-electron chi connectivity index (χ2n) is 7.17. The average Bonchev–Trinajstić information content (AvgIpc) is 3.10. The van der Waals surface area contributed by atoms with E-state index in [2.05, 4.69) is 20.8 Å². The summed E-state index contributed by atoms with van der Waals surface area (Å²) in [5, 5.41) is 14.0. The lowest BCUT2D eigenvalue weighted by atomic mass is 9.73. The van der Waals surface area contributed by atoms with Crippen molar-refractivity contribution < 1.29 is 9.53 Å². The lowest BCUT2D eigenvalue weighted by Crippen LogP contribution is -2.50. The Kier molecular flexibility index (Phi) is 3.38. The van der Waals surface area contributed by atoms with Crippen molar-refractivity contribution in [2.45, 2.75) is 37.3 Å². The van der Waals surface area contributed by atoms with Crippen LogP contribution in [0.25, 0.3) is 10.9 Å². The summed E-state index contributed by atoms with van der Waals surface area (Å²) < 4.78 is 6.25. The van der Waals surface area contributed by atoms with Gasteiger partial charge in [-0.2, -0.15) is 5.10 Å². The number of urea groups is 1. The fourth-order valence-corrected chi connectivity index (χ4v) is 4.02. The van der Waals surface area contributed by atoms with E-state index in [0.29, 0.717) is 0 Å². The van der Waals surface area contributed by atoms with E-state index in [9.17, 15) is 4.79 Å². The maximum atomic E-state index is 12.7. The predicted octanol–water partition coefficient (Wildman–Crippen LogP) is 4.13. The minimum atomic E-state index is -0.213. The summed E-state index contributed by atoms with van der Waals surface area (Å²) in [5.74, 6) is 0.890. The third-order valence-electron chi connectivity index (χ3n) is 5.50. The van der Waals surface area contributed by atoms with Crippen LogP contribution in [0.4, 0.5) is 10.5 Å². The Hall–Kier alpha value is -3.02. The average molecular weight is 348 g/mol. The minimum Gasteiger partial charge on any atom is -0.487 e. The number of hydrogen-bond donors (Lipinski definition) is 3. The zero-order chi connectivity index (χ0) is 17.6. The number of aromatic nitrogens is 2. The van der Waals surface area contributed by atoms with E-state index in [0.717, 1.165) is 47.2 Å². The minimum absolute atomic E-state index is 0.0520. The molecule has 6 nitrogen and oxygen atoms in total. The van der Waals surface area contributed by atoms with Crippen LogP contribution in [-0.2, 0) is 0 Å². The number of hydrogen-bond acceptors (Lipinski definition) is 3. The van der Waals surface area contributed by atoms with Crippen molar-refractivity contribution in [3.05, 3.63) is 54.2 Å². The molecule has 0 radical (unpaired) electrons. The number of ether oxygens (including phenoxy) is 1. The van der Waals surface area contributed by atoms with Crippen LogP contribution in [-0.4, -0.2) is 21.8 Å². The predicted molar refractivity (Wildman–Crippen MR) is 99.3 cm³/mol. The SMILES string of the molecule is O=C(Nc1cccc2[nH]ncc12)NC1CC2(CCC2)Oc2ccccc21. The maximum absolute atomic E-state index is 12.7. The fourth-order valence-electron chi connectivity index (χ4n) is 4.02. The number of H-pyrrole nitrogens is 1. The van der Waals surface area contributed by atoms with E-state index in [1.165, 1.54) is 6.42 Å². The molecule has 1 aromatic heterocycles. The van der Waals surface area contributed by atoms with E-state index in [1.54, 1.807) is 6.20 Å². The highest BCUT2D eigenvalue weighted by Gasteiger charge is 2.45. The molecule has 3 N–H and O–H groups in total. The molecule has 1 atom stereocenters. The largest absolute Gasteiger partial charge is 0.487 e. The van der Waals surface area contributed by atoms with Crippen LogP contribution in [0.15, 0.2) is 48.7 Å². The van der Waals surface area contributed by atoms with Crippen LogP contribution in [0.2, 0.25) is 0 Å². The highest BCUT2D eigenvalue weighted by molar-refractivity contribution is 6.00. The molecular weight excluding hydrogens is 328 g/mol. The van der Waals surface area contributed by atoms with Gasteiger partial charge in [0.25, 0.3) is 0 Å². The normalized spacial score (nSPS) is 20.1. The first-order chi connectivity index (χ1) is 12.7. The van der Waals surface area contributed by atoms with E-state index in [-0.39, 0.29) is 17.7 Å². The summed E-state index contributed by atoms with van der Waals surface area (Å²) in [4.78, 5) is 12.7. The molecule has 1 aliphatic heterocycles. The van der Waals surface area contributed by atoms with Crippen molar-refractivity contribution in [3.8, 4) is 5.75 Å². The molecule has 2 heterocycles. The second-order valence-corrected chi connectivity index (χ2v) is 7.17. The summed E-state index contributed by atoms with van der Waals surface area (Å²) in [7, 11) is 0. The number of carbonyl (C=O) groups is 1. The first kappa shape index (κ1) is 15.3. The number of nitrogens with one attached hydrogen (secondary N) is 3. The molecule has 0 saturated heterocycles. The third-order valence-corrected chi connectivity index (χ3v) is 5.50. The number of nitrogens with zero attached hydrogens (tertiary/aromatic N) is 1. The number of fused-ring (bicyclic) bond motifs is 2. The molecule has 2 aliphatic rings. The number of rotatable bonds is 2. The first-order valence-electron chi connectivity index (χ1n) is 9.00. The van der Waals surface area contributed by atoms with Gasteiger partial charge in [0.15, 0.2) is 0 Å². The van der Waals surface area contributed by atoms with Gasteiger partial charge < -0.3 is 15.4 Å². The van der Waals surface area contributed by atoms with E-state index in [4.69, 9.17) is 4.74 Å². The number of para-hydroxylation sites is 1. The lowest BCUT2D eigenvalue weighted by Gasteiger charge is -2.48. The van der Waals surface area contributed by atoms with Gasteiger partial charge in [-0.05, 0) is 37.5 Å². The van der Waals surface area contributed by atoms with Crippen molar-refractivity contribution in [2.75, 3.05) is 5.32 Å². The molecule has 132 valence electrons. The summed E-state index contributed by atoms with van der Waals surface area (Å²) in [6, 6.07) is 13.4. The molecule has 5 rings (SSSR count). The number of amides is 2. The summed E-state index contributed by atoms with van der Waals surface area (Å²) in [6.45, 7) is 0. The van der Waals surface area contributed by atoms with Gasteiger partial charge in [-0.15, -0.1) is 0 Å². The fraction of sp³-hybridized carbons (Fsp3) is 0.300. The number of aromatic amines is 1. The Morgan fingerprint density at radius 3 is 2.92 bits per heavy atom. The first-order valence-corrected chi connectivity index (χ1v) is 9.00. The zero-order valence-corrected chi connectivity index (χ0v) is 14.3. The van der Waals surface area contributed by atoms with Crippen molar-refractivity contribution in [1.29, 1.82) is 0 Å². The number of carbonyl (C=O) groups excluding carboxylic acids is 1. The summed E-state index contributed by atoms with van der Waals surface area (Å²) >= 11 is 0. The summed E-state index contributed by atoms with van der Waals surface area (Å²) in [5.41, 5.74) is 2.57. The molecule has 2 amide bonds. The second kappa shape index (κ2) is 5.76.